The van der Waals surface area contributed by atoms with Gasteiger partial charge in [-0.3, -0.25) is 4.79 Å². The van der Waals surface area contributed by atoms with Crippen molar-refractivity contribution in [3.05, 3.63) is 54.2 Å². The molecule has 0 bridgehead atoms. The highest BCUT2D eigenvalue weighted by molar-refractivity contribution is 6.07. The average Bonchev–Trinajstić information content (AvgIpc) is 3.17. The van der Waals surface area contributed by atoms with Crippen molar-refractivity contribution in [3.63, 3.8) is 0 Å². The number of nitrogens with one attached hydrogen (secondary N) is 1. The number of H-pyrrole nitrogens is 1. The van der Waals surface area contributed by atoms with Crippen LogP contribution in [0, 0.1) is 0 Å². The molecule has 1 amide bonds. The number of methoxy groups -OCH3 is 1. The van der Waals surface area contributed by atoms with Gasteiger partial charge in [-0.2, -0.15) is 0 Å². The third kappa shape index (κ3) is 3.38. The van der Waals surface area contributed by atoms with Crippen LogP contribution in [0.1, 0.15) is 17.3 Å². The molecule has 6 heteroatoms. The Bertz CT molecular complexity index is 974. The minimum Gasteiger partial charge on any atom is -0.497 e. The fourth-order valence-corrected chi connectivity index (χ4v) is 3.72. The van der Waals surface area contributed by atoms with Gasteiger partial charge in [-0.05, 0) is 37.3 Å². The summed E-state index contributed by atoms with van der Waals surface area (Å²) < 4.78 is 11.1. The molecule has 0 saturated carbocycles. The van der Waals surface area contributed by atoms with Crippen LogP contribution in [0.3, 0.4) is 0 Å². The smallest absolute Gasteiger partial charge is 0.256 e. The molecule has 1 aliphatic rings. The number of piperazine rings is 1. The Morgan fingerprint density at radius 2 is 1.89 bits per heavy atom. The fraction of sp³-hybridized carbons (Fsp3) is 0.318. The van der Waals surface area contributed by atoms with Gasteiger partial charge in [0.15, 0.2) is 0 Å². The number of hydrogen-bond donors (Lipinski definition) is 1. The van der Waals surface area contributed by atoms with Gasteiger partial charge in [0.1, 0.15) is 11.5 Å². The van der Waals surface area contributed by atoms with Crippen molar-refractivity contribution in [3.8, 4) is 11.5 Å². The highest BCUT2D eigenvalue weighted by Gasteiger charge is 2.25. The standard InChI is InChI=1S/C22H25N3O3/c1-3-28-21-7-5-4-6-20(21)24-10-12-25(13-11-24)22(26)18-15-23-19-9-8-16(27-2)14-17(18)19/h4-9,14-15,23H,3,10-13H2,1-2H3. The highest BCUT2D eigenvalue weighted by Crippen LogP contribution is 2.30. The molecule has 3 aromatic rings. The van der Waals surface area contributed by atoms with Gasteiger partial charge in [-0.25, -0.2) is 0 Å². The number of anilines is 1. The number of carbonyl (C=O) groups excluding carboxylic acids is 1. The number of benzene rings is 2. The van der Waals surface area contributed by atoms with Crippen molar-refractivity contribution in [2.45, 2.75) is 6.92 Å². The predicted molar refractivity (Wildman–Crippen MR) is 111 cm³/mol. The number of amides is 1. The molecule has 0 aliphatic carbocycles. The lowest BCUT2D eigenvalue weighted by molar-refractivity contribution is 0.0748. The molecule has 2 heterocycles. The van der Waals surface area contributed by atoms with Crippen LogP contribution in [0.2, 0.25) is 0 Å². The van der Waals surface area contributed by atoms with E-state index in [9.17, 15) is 4.79 Å². The van der Waals surface area contributed by atoms with Crippen molar-refractivity contribution < 1.29 is 14.3 Å². The van der Waals surface area contributed by atoms with Crippen LogP contribution in [-0.2, 0) is 0 Å². The van der Waals surface area contributed by atoms with E-state index in [0.717, 1.165) is 41.2 Å². The number of nitrogens with zero attached hydrogens (tertiary/aromatic N) is 2. The zero-order valence-corrected chi connectivity index (χ0v) is 16.3. The zero-order valence-electron chi connectivity index (χ0n) is 16.3. The molecule has 0 unspecified atom stereocenters. The molecule has 0 spiro atoms. The van der Waals surface area contributed by atoms with E-state index in [4.69, 9.17) is 9.47 Å². The maximum Gasteiger partial charge on any atom is 0.256 e. The van der Waals surface area contributed by atoms with Gasteiger partial charge in [0.2, 0.25) is 0 Å². The van der Waals surface area contributed by atoms with Crippen molar-refractivity contribution in [1.29, 1.82) is 0 Å². The number of ether oxygens (including phenoxy) is 2. The number of para-hydroxylation sites is 2. The minimum atomic E-state index is 0.0530. The molecule has 2 aromatic carbocycles. The van der Waals surface area contributed by atoms with Gasteiger partial charge < -0.3 is 24.3 Å². The highest BCUT2D eigenvalue weighted by atomic mass is 16.5. The topological polar surface area (TPSA) is 57.8 Å². The number of aromatic nitrogens is 1. The average molecular weight is 379 g/mol. The van der Waals surface area contributed by atoms with E-state index in [1.807, 2.05) is 48.2 Å². The lowest BCUT2D eigenvalue weighted by atomic mass is 10.1. The van der Waals surface area contributed by atoms with E-state index in [0.29, 0.717) is 25.3 Å². The Morgan fingerprint density at radius 1 is 1.11 bits per heavy atom. The Balaban J connectivity index is 1.49. The van der Waals surface area contributed by atoms with Crippen LogP contribution in [0.15, 0.2) is 48.7 Å². The third-order valence-corrected chi connectivity index (χ3v) is 5.19. The fourth-order valence-electron chi connectivity index (χ4n) is 3.72. The summed E-state index contributed by atoms with van der Waals surface area (Å²) in [5.41, 5.74) is 2.72. The summed E-state index contributed by atoms with van der Waals surface area (Å²) >= 11 is 0. The van der Waals surface area contributed by atoms with Crippen molar-refractivity contribution >= 4 is 22.5 Å². The van der Waals surface area contributed by atoms with E-state index in [2.05, 4.69) is 16.0 Å². The molecule has 1 aromatic heterocycles. The second kappa shape index (κ2) is 7.84. The number of aromatic amines is 1. The van der Waals surface area contributed by atoms with Gasteiger partial charge in [0.25, 0.3) is 5.91 Å². The predicted octanol–water partition coefficient (Wildman–Crippen LogP) is 3.54. The molecular weight excluding hydrogens is 354 g/mol. The molecule has 1 aliphatic heterocycles. The summed E-state index contributed by atoms with van der Waals surface area (Å²) in [6.45, 7) is 5.54. The molecule has 1 saturated heterocycles. The second-order valence-electron chi connectivity index (χ2n) is 6.79. The van der Waals surface area contributed by atoms with E-state index >= 15 is 0 Å². The van der Waals surface area contributed by atoms with Crippen LogP contribution in [0.5, 0.6) is 11.5 Å². The molecule has 6 nitrogen and oxygen atoms in total. The maximum atomic E-state index is 13.1. The van der Waals surface area contributed by atoms with Crippen molar-refractivity contribution in [2.24, 2.45) is 0 Å². The van der Waals surface area contributed by atoms with Gasteiger partial charge in [-0.1, -0.05) is 12.1 Å². The number of carbonyl (C=O) groups is 1. The lowest BCUT2D eigenvalue weighted by Gasteiger charge is -2.36. The Morgan fingerprint density at radius 3 is 2.64 bits per heavy atom. The first-order chi connectivity index (χ1) is 13.7. The van der Waals surface area contributed by atoms with Crippen molar-refractivity contribution in [1.82, 2.24) is 9.88 Å². The summed E-state index contributed by atoms with van der Waals surface area (Å²) in [6, 6.07) is 13.8. The molecule has 146 valence electrons. The largest absolute Gasteiger partial charge is 0.497 e. The van der Waals surface area contributed by atoms with Gasteiger partial charge in [0, 0.05) is 43.3 Å². The quantitative estimate of drug-likeness (QED) is 0.737. The summed E-state index contributed by atoms with van der Waals surface area (Å²) in [7, 11) is 1.63. The van der Waals surface area contributed by atoms with Crippen LogP contribution >= 0.6 is 0 Å². The molecule has 0 radical (unpaired) electrons. The maximum absolute atomic E-state index is 13.1. The monoisotopic (exact) mass is 379 g/mol. The van der Waals surface area contributed by atoms with E-state index in [1.54, 1.807) is 13.3 Å². The van der Waals surface area contributed by atoms with Gasteiger partial charge in [-0.15, -0.1) is 0 Å². The lowest BCUT2D eigenvalue weighted by Crippen LogP contribution is -2.48. The van der Waals surface area contributed by atoms with Crippen LogP contribution in [0.25, 0.3) is 10.9 Å². The van der Waals surface area contributed by atoms with Crippen LogP contribution in [-0.4, -0.2) is 55.7 Å². The Kier molecular flexibility index (Phi) is 5.10. The number of fused-ring (bicyclic) bond motifs is 1. The summed E-state index contributed by atoms with van der Waals surface area (Å²) in [6.07, 6.45) is 1.79. The first-order valence-corrected chi connectivity index (χ1v) is 9.62. The summed E-state index contributed by atoms with van der Waals surface area (Å²) in [5.74, 6) is 1.70. The second-order valence-corrected chi connectivity index (χ2v) is 6.79. The molecule has 28 heavy (non-hydrogen) atoms. The normalized spacial score (nSPS) is 14.4. The molecule has 1 fully saturated rings. The number of rotatable bonds is 5. The third-order valence-electron chi connectivity index (χ3n) is 5.19. The molecular formula is C22H25N3O3. The van der Waals surface area contributed by atoms with Gasteiger partial charge >= 0.3 is 0 Å². The van der Waals surface area contributed by atoms with Crippen LogP contribution in [0.4, 0.5) is 5.69 Å². The molecule has 0 atom stereocenters. The van der Waals surface area contributed by atoms with Crippen molar-refractivity contribution in [2.75, 3.05) is 44.8 Å². The van der Waals surface area contributed by atoms with E-state index < -0.39 is 0 Å². The number of hydrogen-bond acceptors (Lipinski definition) is 4. The zero-order chi connectivity index (χ0) is 19.5. The molecule has 4 rings (SSSR count). The van der Waals surface area contributed by atoms with Crippen LogP contribution < -0.4 is 14.4 Å². The van der Waals surface area contributed by atoms with E-state index in [-0.39, 0.29) is 5.91 Å². The first-order valence-electron chi connectivity index (χ1n) is 9.62. The van der Waals surface area contributed by atoms with Gasteiger partial charge in [0.05, 0.1) is 25.0 Å². The molecule has 1 N–H and O–H groups in total. The first kappa shape index (κ1) is 18.2. The Labute approximate surface area is 164 Å². The summed E-state index contributed by atoms with van der Waals surface area (Å²) in [4.78, 5) is 20.5. The Hall–Kier alpha value is -3.15. The van der Waals surface area contributed by atoms with E-state index in [1.165, 1.54) is 0 Å². The minimum absolute atomic E-state index is 0.0530. The SMILES string of the molecule is CCOc1ccccc1N1CCN(C(=O)c2c[nH]c3ccc(OC)cc23)CC1. The summed E-state index contributed by atoms with van der Waals surface area (Å²) in [5, 5.41) is 0.897.